The molecule has 0 atom stereocenters. The predicted molar refractivity (Wildman–Crippen MR) is 126 cm³/mol. The maximum absolute atomic E-state index is 13.6. The minimum atomic E-state index is -0.231. The number of hydrogen-bond donors (Lipinski definition) is 0. The van der Waals surface area contributed by atoms with E-state index in [0.717, 1.165) is 55.5 Å². The fourth-order valence-electron chi connectivity index (χ4n) is 4.11. The van der Waals surface area contributed by atoms with Crippen molar-refractivity contribution in [1.29, 1.82) is 0 Å². The molecule has 168 valence electrons. The topological polar surface area (TPSA) is 71.3 Å². The van der Waals surface area contributed by atoms with Gasteiger partial charge in [-0.1, -0.05) is 31.5 Å². The van der Waals surface area contributed by atoms with Gasteiger partial charge in [0.05, 0.1) is 11.8 Å². The average Bonchev–Trinajstić information content (AvgIpc) is 3.19. The number of carbonyl (C=O) groups is 2. The fraction of sp³-hybridized carbons (Fsp3) is 0.440. The van der Waals surface area contributed by atoms with Crippen LogP contribution in [0.2, 0.25) is 0 Å². The second-order valence-corrected chi connectivity index (χ2v) is 9.03. The normalized spacial score (nSPS) is 14.2. The van der Waals surface area contributed by atoms with Crippen molar-refractivity contribution in [2.75, 3.05) is 24.5 Å². The van der Waals surface area contributed by atoms with E-state index in [1.807, 2.05) is 46.8 Å². The largest absolute Gasteiger partial charge is 0.341 e. The number of benzene rings is 1. The zero-order valence-electron chi connectivity index (χ0n) is 19.1. The minimum Gasteiger partial charge on any atom is -0.341 e. The summed E-state index contributed by atoms with van der Waals surface area (Å²) < 4.78 is 1.87. The van der Waals surface area contributed by atoms with Gasteiger partial charge in [0, 0.05) is 36.9 Å². The number of aryl methyl sites for hydroxylation is 1. The van der Waals surface area contributed by atoms with Crippen molar-refractivity contribution in [3.05, 3.63) is 53.9 Å². The lowest BCUT2D eigenvalue weighted by Crippen LogP contribution is -2.45. The molecule has 1 aliphatic rings. The first-order valence-corrected chi connectivity index (χ1v) is 11.4. The number of carbonyl (C=O) groups excluding carboxylic acids is 2. The van der Waals surface area contributed by atoms with E-state index < -0.39 is 0 Å². The predicted octanol–water partition coefficient (Wildman–Crippen LogP) is 4.06. The van der Waals surface area contributed by atoms with Gasteiger partial charge in [-0.2, -0.15) is 5.10 Å². The number of anilines is 1. The maximum atomic E-state index is 13.6. The van der Waals surface area contributed by atoms with E-state index in [1.165, 1.54) is 0 Å². The molecule has 2 aromatic heterocycles. The molecule has 0 aliphatic carbocycles. The zero-order chi connectivity index (χ0) is 22.7. The third-order valence-electron chi connectivity index (χ3n) is 5.85. The van der Waals surface area contributed by atoms with Gasteiger partial charge < -0.3 is 4.90 Å². The molecule has 1 aromatic carbocycles. The Balaban J connectivity index is 1.63. The number of fused-ring (bicyclic) bond motifs is 1. The van der Waals surface area contributed by atoms with E-state index in [-0.39, 0.29) is 18.4 Å². The smallest absolute Gasteiger partial charge is 0.260 e. The van der Waals surface area contributed by atoms with Crippen LogP contribution in [0.25, 0.3) is 11.0 Å². The van der Waals surface area contributed by atoms with Gasteiger partial charge in [-0.3, -0.25) is 14.5 Å². The molecular formula is C25H31N5O2. The van der Waals surface area contributed by atoms with Crippen molar-refractivity contribution < 1.29 is 9.59 Å². The summed E-state index contributed by atoms with van der Waals surface area (Å²) in [6.07, 6.45) is 6.53. The van der Waals surface area contributed by atoms with Crippen LogP contribution in [0.5, 0.6) is 0 Å². The Morgan fingerprint density at radius 3 is 2.47 bits per heavy atom. The van der Waals surface area contributed by atoms with Gasteiger partial charge in [0.1, 0.15) is 6.54 Å². The monoisotopic (exact) mass is 433 g/mol. The third kappa shape index (κ3) is 4.82. The van der Waals surface area contributed by atoms with E-state index in [2.05, 4.69) is 23.9 Å². The van der Waals surface area contributed by atoms with Crippen molar-refractivity contribution in [3.63, 3.8) is 0 Å². The molecule has 3 aromatic rings. The lowest BCUT2D eigenvalue weighted by atomic mass is 10.1. The van der Waals surface area contributed by atoms with Crippen LogP contribution in [0.1, 0.15) is 49.0 Å². The van der Waals surface area contributed by atoms with Crippen molar-refractivity contribution in [2.24, 2.45) is 5.92 Å². The van der Waals surface area contributed by atoms with Crippen LogP contribution in [0, 0.1) is 12.8 Å². The van der Waals surface area contributed by atoms with Gasteiger partial charge in [-0.15, -0.1) is 0 Å². The summed E-state index contributed by atoms with van der Waals surface area (Å²) in [6.45, 7) is 8.57. The molecule has 1 saturated heterocycles. The van der Waals surface area contributed by atoms with Gasteiger partial charge in [0.25, 0.3) is 5.91 Å². The van der Waals surface area contributed by atoms with Crippen LogP contribution in [-0.4, -0.2) is 51.1 Å². The number of likely N-dealkylation sites (tertiary alicyclic amines) is 1. The molecule has 0 radical (unpaired) electrons. The highest BCUT2D eigenvalue weighted by atomic mass is 16.2. The summed E-state index contributed by atoms with van der Waals surface area (Å²) in [5.74, 6) is 0.196. The van der Waals surface area contributed by atoms with Crippen LogP contribution in [0.15, 0.2) is 42.7 Å². The Labute approximate surface area is 189 Å². The summed E-state index contributed by atoms with van der Waals surface area (Å²) in [5.41, 5.74) is 3.03. The highest BCUT2D eigenvalue weighted by Gasteiger charge is 2.25. The highest BCUT2D eigenvalue weighted by Crippen LogP contribution is 2.21. The number of aromatic nitrogens is 3. The van der Waals surface area contributed by atoms with Gasteiger partial charge >= 0.3 is 0 Å². The molecule has 7 heteroatoms. The standard InChI is InChI=1S/C25H31N5O2/c1-18(2)16-30-24-20(15-27-30)13-21(14-26-24)25(32)29(22-9-7-19(3)8-10-22)17-23(31)28-11-5-4-6-12-28/h7-10,13-15,18H,4-6,11-12,16-17H2,1-3H3. The van der Waals surface area contributed by atoms with Gasteiger partial charge in [0.2, 0.25) is 5.91 Å². The molecule has 0 bridgehead atoms. The van der Waals surface area contributed by atoms with Crippen LogP contribution in [-0.2, 0) is 11.3 Å². The Hall–Kier alpha value is -3.22. The second kappa shape index (κ2) is 9.51. The van der Waals surface area contributed by atoms with Gasteiger partial charge in [-0.25, -0.2) is 9.67 Å². The molecule has 0 saturated carbocycles. The van der Waals surface area contributed by atoms with Crippen LogP contribution < -0.4 is 4.90 Å². The molecule has 0 N–H and O–H groups in total. The Bertz CT molecular complexity index is 1100. The number of hydrogen-bond acceptors (Lipinski definition) is 4. The maximum Gasteiger partial charge on any atom is 0.260 e. The molecular weight excluding hydrogens is 402 g/mol. The molecule has 7 nitrogen and oxygen atoms in total. The second-order valence-electron chi connectivity index (χ2n) is 9.03. The average molecular weight is 434 g/mol. The molecule has 32 heavy (non-hydrogen) atoms. The molecule has 3 heterocycles. The minimum absolute atomic E-state index is 0.0163. The Morgan fingerprint density at radius 1 is 1.06 bits per heavy atom. The quantitative estimate of drug-likeness (QED) is 0.588. The summed E-state index contributed by atoms with van der Waals surface area (Å²) >= 11 is 0. The number of nitrogens with zero attached hydrogens (tertiary/aromatic N) is 5. The summed E-state index contributed by atoms with van der Waals surface area (Å²) in [6, 6.07) is 9.52. The molecule has 0 spiro atoms. The van der Waals surface area contributed by atoms with Crippen molar-refractivity contribution in [1.82, 2.24) is 19.7 Å². The lowest BCUT2D eigenvalue weighted by molar-refractivity contribution is -0.130. The molecule has 1 fully saturated rings. The molecule has 1 aliphatic heterocycles. The SMILES string of the molecule is Cc1ccc(N(CC(=O)N2CCCCC2)C(=O)c2cnc3c(cnn3CC(C)C)c2)cc1. The first-order valence-electron chi connectivity index (χ1n) is 11.4. The van der Waals surface area contributed by atoms with E-state index in [1.54, 1.807) is 17.3 Å². The Kier molecular flexibility index (Phi) is 6.53. The van der Waals surface area contributed by atoms with Crippen molar-refractivity contribution >= 4 is 28.5 Å². The number of rotatable bonds is 6. The molecule has 4 rings (SSSR count). The fourth-order valence-corrected chi connectivity index (χ4v) is 4.11. The Morgan fingerprint density at radius 2 is 1.78 bits per heavy atom. The van der Waals surface area contributed by atoms with E-state index in [4.69, 9.17) is 0 Å². The molecule has 2 amide bonds. The first-order chi connectivity index (χ1) is 15.4. The van der Waals surface area contributed by atoms with Crippen LogP contribution in [0.3, 0.4) is 0 Å². The van der Waals surface area contributed by atoms with Gasteiger partial charge in [-0.05, 0) is 50.3 Å². The highest BCUT2D eigenvalue weighted by molar-refractivity contribution is 6.09. The molecule has 0 unspecified atom stereocenters. The third-order valence-corrected chi connectivity index (χ3v) is 5.85. The van der Waals surface area contributed by atoms with E-state index >= 15 is 0 Å². The van der Waals surface area contributed by atoms with E-state index in [9.17, 15) is 9.59 Å². The van der Waals surface area contributed by atoms with Crippen molar-refractivity contribution in [2.45, 2.75) is 46.6 Å². The summed E-state index contributed by atoms with van der Waals surface area (Å²) in [5, 5.41) is 5.25. The lowest BCUT2D eigenvalue weighted by Gasteiger charge is -2.30. The first kappa shape index (κ1) is 22.0. The number of amides is 2. The zero-order valence-corrected chi connectivity index (χ0v) is 19.1. The summed E-state index contributed by atoms with van der Waals surface area (Å²) in [7, 11) is 0. The van der Waals surface area contributed by atoms with Gasteiger partial charge in [0.15, 0.2) is 5.65 Å². The summed E-state index contributed by atoms with van der Waals surface area (Å²) in [4.78, 5) is 34.5. The van der Waals surface area contributed by atoms with Crippen LogP contribution in [0.4, 0.5) is 5.69 Å². The number of piperidine rings is 1. The van der Waals surface area contributed by atoms with Crippen molar-refractivity contribution in [3.8, 4) is 0 Å². The van der Waals surface area contributed by atoms with Crippen LogP contribution >= 0.6 is 0 Å². The number of pyridine rings is 1. The van der Waals surface area contributed by atoms with E-state index in [0.29, 0.717) is 17.2 Å².